The molecule has 67 heavy (non-hydrogen) atoms. The van der Waals surface area contributed by atoms with E-state index in [1.54, 1.807) is 9.80 Å². The molecule has 0 atom stereocenters. The Morgan fingerprint density at radius 2 is 1.04 bits per heavy atom. The number of anilines is 2. The number of benzene rings is 5. The summed E-state index contributed by atoms with van der Waals surface area (Å²) in [5.74, 6) is 2.96. The molecule has 12 nitrogen and oxygen atoms in total. The molecule has 0 spiro atoms. The molecule has 4 heterocycles. The van der Waals surface area contributed by atoms with Gasteiger partial charge in [-0.05, 0) is 79.1 Å². The number of nitrogens with one attached hydrogen (secondary N) is 1. The van der Waals surface area contributed by atoms with Crippen molar-refractivity contribution in [1.29, 1.82) is 0 Å². The van der Waals surface area contributed by atoms with Crippen molar-refractivity contribution in [1.82, 2.24) is 29.8 Å². The van der Waals surface area contributed by atoms with Crippen LogP contribution in [0.25, 0.3) is 0 Å². The Morgan fingerprint density at radius 3 is 1.54 bits per heavy atom. The second kappa shape index (κ2) is 23.2. The van der Waals surface area contributed by atoms with Gasteiger partial charge in [0.2, 0.25) is 11.8 Å². The van der Waals surface area contributed by atoms with Crippen molar-refractivity contribution in [2.24, 2.45) is 0 Å². The van der Waals surface area contributed by atoms with Crippen molar-refractivity contribution in [3.63, 3.8) is 0 Å². The Morgan fingerprint density at radius 1 is 0.552 bits per heavy atom. The monoisotopic (exact) mass is 980 g/mol. The van der Waals surface area contributed by atoms with Gasteiger partial charge in [0, 0.05) is 82.4 Å². The maximum atomic E-state index is 13.0. The Balaban J connectivity index is 0.000000202. The Kier molecular flexibility index (Phi) is 17.0. The first-order valence-electron chi connectivity index (χ1n) is 21.8. The molecule has 348 valence electrons. The lowest BCUT2D eigenvalue weighted by Gasteiger charge is -2.33. The lowest BCUT2D eigenvalue weighted by molar-refractivity contribution is -0.121. The maximum absolute atomic E-state index is 13.0. The SMILES string of the molecule is Cc1cc(N2CCN(Cc3ccc(Cl)cc3)CC2=O)nn1Cc1cc(Cl)ccc1OCc1ccccc1.Cc1cc(N2CCNCC2=O)nn1Cc1cc(Cl)ccc1OCc1ccccc1.Cl. The number of aryl methyl sites for hydroxylation is 2. The first kappa shape index (κ1) is 49.1. The number of hydrogen-bond acceptors (Lipinski definition) is 8. The third-order valence-corrected chi connectivity index (χ3v) is 12.1. The van der Waals surface area contributed by atoms with E-state index in [0.29, 0.717) is 85.7 Å². The number of rotatable bonds is 14. The quantitative estimate of drug-likeness (QED) is 0.115. The summed E-state index contributed by atoms with van der Waals surface area (Å²) in [6, 6.07) is 43.0. The van der Waals surface area contributed by atoms with Crippen LogP contribution in [0.5, 0.6) is 11.5 Å². The summed E-state index contributed by atoms with van der Waals surface area (Å²) in [7, 11) is 0. The van der Waals surface area contributed by atoms with Gasteiger partial charge in [0.05, 0.1) is 26.2 Å². The Labute approximate surface area is 412 Å². The third-order valence-electron chi connectivity index (χ3n) is 11.4. The van der Waals surface area contributed by atoms with Gasteiger partial charge in [0.25, 0.3) is 0 Å². The fourth-order valence-electron chi connectivity index (χ4n) is 7.78. The largest absolute Gasteiger partial charge is 0.489 e. The van der Waals surface area contributed by atoms with Gasteiger partial charge in [-0.25, -0.2) is 0 Å². The second-order valence-corrected chi connectivity index (χ2v) is 17.6. The van der Waals surface area contributed by atoms with E-state index in [4.69, 9.17) is 49.4 Å². The zero-order valence-corrected chi connectivity index (χ0v) is 40.4. The van der Waals surface area contributed by atoms with Crippen LogP contribution in [0.1, 0.15) is 39.2 Å². The van der Waals surface area contributed by atoms with Crippen molar-refractivity contribution in [2.75, 3.05) is 49.1 Å². The predicted molar refractivity (Wildman–Crippen MR) is 268 cm³/mol. The number of amides is 2. The van der Waals surface area contributed by atoms with Crippen LogP contribution in [-0.4, -0.2) is 75.5 Å². The van der Waals surface area contributed by atoms with Crippen LogP contribution < -0.4 is 24.6 Å². The molecule has 2 saturated heterocycles. The van der Waals surface area contributed by atoms with Gasteiger partial charge in [0.1, 0.15) is 24.7 Å². The van der Waals surface area contributed by atoms with E-state index in [-0.39, 0.29) is 24.2 Å². The summed E-state index contributed by atoms with van der Waals surface area (Å²) < 4.78 is 16.0. The number of ether oxygens (including phenoxy) is 2. The van der Waals surface area contributed by atoms with Gasteiger partial charge in [0.15, 0.2) is 11.6 Å². The molecule has 2 aliphatic heterocycles. The molecule has 2 aliphatic rings. The van der Waals surface area contributed by atoms with E-state index in [1.165, 1.54) is 0 Å². The van der Waals surface area contributed by atoms with Crippen molar-refractivity contribution < 1.29 is 19.1 Å². The standard InChI is InChI=1S/C29H28Cl2N4O2.C22H23ClN4O2.ClH/c1-21-15-28(34-14-13-33(19-29(34)36)17-22-7-9-25(30)10-8-22)32-35(21)18-24-16-26(31)11-12-27(24)37-20-23-5-3-2-4-6-23;1-16-11-21(26-10-9-24-13-22(26)28)25-27(16)14-18-12-19(23)7-8-20(18)29-15-17-5-3-2-4-6-17;/h2-12,15-16H,13-14,17-20H2,1H3;2-8,11-12,24H,9-10,13-15H2,1H3;1H. The summed E-state index contributed by atoms with van der Waals surface area (Å²) >= 11 is 18.5. The summed E-state index contributed by atoms with van der Waals surface area (Å²) in [6.45, 7) is 10.1. The van der Waals surface area contributed by atoms with Crippen molar-refractivity contribution >= 4 is 70.7 Å². The smallest absolute Gasteiger partial charge is 0.242 e. The van der Waals surface area contributed by atoms with Gasteiger partial charge < -0.3 is 14.8 Å². The molecule has 9 rings (SSSR count). The summed E-state index contributed by atoms with van der Waals surface area (Å²) in [6.07, 6.45) is 0. The zero-order chi connectivity index (χ0) is 46.0. The molecule has 2 fully saturated rings. The van der Waals surface area contributed by atoms with Gasteiger partial charge >= 0.3 is 0 Å². The topological polar surface area (TPSA) is 110 Å². The van der Waals surface area contributed by atoms with Crippen LogP contribution in [0.3, 0.4) is 0 Å². The lowest BCUT2D eigenvalue weighted by Crippen LogP contribution is -2.50. The van der Waals surface area contributed by atoms with Crippen LogP contribution in [0, 0.1) is 13.8 Å². The van der Waals surface area contributed by atoms with Crippen molar-refractivity contribution in [3.05, 3.63) is 188 Å². The van der Waals surface area contributed by atoms with Crippen LogP contribution in [0.15, 0.2) is 133 Å². The Hall–Kier alpha value is -5.86. The van der Waals surface area contributed by atoms with E-state index in [9.17, 15) is 9.59 Å². The van der Waals surface area contributed by atoms with Gasteiger partial charge in [-0.15, -0.1) is 12.4 Å². The molecule has 0 bridgehead atoms. The minimum absolute atomic E-state index is 0. The molecule has 7 aromatic rings. The average Bonchev–Trinajstić information content (AvgIpc) is 3.87. The first-order chi connectivity index (χ1) is 32.0. The number of halogens is 4. The van der Waals surface area contributed by atoms with Crippen LogP contribution in [0.4, 0.5) is 11.6 Å². The number of nitrogens with zero attached hydrogens (tertiary/aromatic N) is 7. The Bertz CT molecular complexity index is 2750. The lowest BCUT2D eigenvalue weighted by atomic mass is 10.2. The van der Waals surface area contributed by atoms with Gasteiger partial charge in [-0.3, -0.25) is 33.7 Å². The number of carbonyl (C=O) groups is 2. The predicted octanol–water partition coefficient (Wildman–Crippen LogP) is 9.80. The fraction of sp³-hybridized carbons (Fsp3) is 0.255. The van der Waals surface area contributed by atoms with Crippen LogP contribution >= 0.6 is 47.2 Å². The number of carbonyl (C=O) groups excluding carboxylic acids is 2. The third kappa shape index (κ3) is 13.2. The molecule has 2 aromatic heterocycles. The number of piperazine rings is 2. The molecular formula is C51H52Cl4N8O4. The van der Waals surface area contributed by atoms with Crippen molar-refractivity contribution in [2.45, 2.75) is 46.7 Å². The molecule has 5 aromatic carbocycles. The second-order valence-electron chi connectivity index (χ2n) is 16.3. The van der Waals surface area contributed by atoms with Gasteiger partial charge in [-0.2, -0.15) is 10.2 Å². The highest BCUT2D eigenvalue weighted by atomic mass is 35.5. The first-order valence-corrected chi connectivity index (χ1v) is 23.0. The molecule has 0 radical (unpaired) electrons. The summed E-state index contributed by atoms with van der Waals surface area (Å²) in [5.41, 5.74) is 7.13. The normalized spacial score (nSPS) is 14.0. The van der Waals surface area contributed by atoms with Gasteiger partial charge in [-0.1, -0.05) is 108 Å². The number of hydrogen-bond donors (Lipinski definition) is 1. The highest BCUT2D eigenvalue weighted by Crippen LogP contribution is 2.28. The molecule has 16 heteroatoms. The maximum Gasteiger partial charge on any atom is 0.242 e. The summed E-state index contributed by atoms with van der Waals surface area (Å²) in [5, 5.41) is 14.5. The van der Waals surface area contributed by atoms with Crippen LogP contribution in [-0.2, 0) is 42.4 Å². The fourth-order valence-corrected chi connectivity index (χ4v) is 8.30. The highest BCUT2D eigenvalue weighted by Gasteiger charge is 2.28. The minimum atomic E-state index is 0. The number of aromatic nitrogens is 4. The van der Waals surface area contributed by atoms with E-state index >= 15 is 0 Å². The molecule has 2 amide bonds. The van der Waals surface area contributed by atoms with Crippen LogP contribution in [0.2, 0.25) is 15.1 Å². The highest BCUT2D eigenvalue weighted by molar-refractivity contribution is 6.31. The van der Waals surface area contributed by atoms with E-state index in [0.717, 1.165) is 63.8 Å². The minimum Gasteiger partial charge on any atom is -0.489 e. The molecule has 0 aliphatic carbocycles. The van der Waals surface area contributed by atoms with E-state index in [2.05, 4.69) is 15.3 Å². The van der Waals surface area contributed by atoms with E-state index < -0.39 is 0 Å². The summed E-state index contributed by atoms with van der Waals surface area (Å²) in [4.78, 5) is 30.8. The van der Waals surface area contributed by atoms with E-state index in [1.807, 2.05) is 157 Å². The molecule has 1 N–H and O–H groups in total. The molecule has 0 unspecified atom stereocenters. The van der Waals surface area contributed by atoms with Crippen molar-refractivity contribution in [3.8, 4) is 11.5 Å². The zero-order valence-electron chi connectivity index (χ0n) is 37.3. The molecular weight excluding hydrogens is 930 g/mol. The molecule has 0 saturated carbocycles. The average molecular weight is 983 g/mol.